The number of likely N-dealkylation sites (N-methyl/N-ethyl adjacent to an activating group) is 2. The van der Waals surface area contributed by atoms with Crippen LogP contribution in [0.3, 0.4) is 0 Å². The van der Waals surface area contributed by atoms with Crippen molar-refractivity contribution >= 4 is 76.6 Å². The number of rotatable bonds is 60. The molecular weight excluding hydrogens is 1880 g/mol. The van der Waals surface area contributed by atoms with E-state index in [-0.39, 0.29) is 172 Å². The molecule has 824 valence electrons. The van der Waals surface area contributed by atoms with Gasteiger partial charge in [0.2, 0.25) is 23.6 Å². The molecule has 2 aliphatic rings. The van der Waals surface area contributed by atoms with E-state index in [1.165, 1.54) is 93.9 Å². The van der Waals surface area contributed by atoms with Gasteiger partial charge in [0.15, 0.2) is 23.1 Å². The van der Waals surface area contributed by atoms with Gasteiger partial charge >= 0.3 is 18.3 Å². The highest BCUT2D eigenvalue weighted by atomic mass is 16.6. The van der Waals surface area contributed by atoms with E-state index in [2.05, 4.69) is 35.1 Å². The molecule has 4 aromatic rings. The van der Waals surface area contributed by atoms with E-state index in [0.29, 0.717) is 132 Å². The molecule has 0 aromatic heterocycles. The zero-order chi connectivity index (χ0) is 109. The van der Waals surface area contributed by atoms with Crippen LogP contribution in [0.1, 0.15) is 370 Å². The number of alkyl carbamates (subject to hydrolysis) is 2. The number of fused-ring (bicyclic) bond motifs is 10. The topological polar surface area (TPSA) is 470 Å². The molecule has 148 heavy (non-hydrogen) atoms. The third kappa shape index (κ3) is 48.1. The summed E-state index contributed by atoms with van der Waals surface area (Å²) >= 11 is 0. The number of carbonyl (C=O) groups is 13. The van der Waals surface area contributed by atoms with Crippen molar-refractivity contribution in [2.24, 2.45) is 40.9 Å². The van der Waals surface area contributed by atoms with E-state index >= 15 is 9.59 Å². The van der Waals surface area contributed by atoms with Gasteiger partial charge in [-0.25, -0.2) is 14.4 Å². The lowest BCUT2D eigenvalue weighted by atomic mass is 9.88. The molecule has 0 aliphatic carbocycles. The number of ketones is 6. The number of carbonyl (C=O) groups excluding carboxylic acids is 13. The van der Waals surface area contributed by atoms with Crippen LogP contribution >= 0.6 is 0 Å². The second-order valence-corrected chi connectivity index (χ2v) is 42.3. The molecule has 0 saturated heterocycles. The Morgan fingerprint density at radius 2 is 0.791 bits per heavy atom. The van der Waals surface area contributed by atoms with Gasteiger partial charge in [0, 0.05) is 157 Å². The maximum Gasteiger partial charge on any atom is 0.410 e. The first-order chi connectivity index (χ1) is 70.0. The lowest BCUT2D eigenvalue weighted by Gasteiger charge is -2.32. The summed E-state index contributed by atoms with van der Waals surface area (Å²) in [6.45, 7) is 27.9. The highest BCUT2D eigenvalue weighted by molar-refractivity contribution is 5.99. The number of nitrogens with one attached hydrogen (secondary N) is 4. The molecule has 2 aliphatic heterocycles. The lowest BCUT2D eigenvalue weighted by molar-refractivity contribution is -0.144. The van der Waals surface area contributed by atoms with Crippen molar-refractivity contribution in [2.45, 2.75) is 389 Å². The van der Waals surface area contributed by atoms with E-state index in [4.69, 9.17) is 50.4 Å². The van der Waals surface area contributed by atoms with Crippen LogP contribution in [0, 0.1) is 46.3 Å². The van der Waals surface area contributed by atoms with Crippen LogP contribution in [0.5, 0.6) is 23.0 Å². The summed E-state index contributed by atoms with van der Waals surface area (Å²) in [6, 6.07) is 20.7. The van der Waals surface area contributed by atoms with Crippen molar-refractivity contribution < 1.29 is 95.5 Å². The Morgan fingerprint density at radius 1 is 0.419 bits per heavy atom. The van der Waals surface area contributed by atoms with Crippen LogP contribution in [-0.2, 0) is 75.0 Å². The normalized spacial score (nSPS) is 16.2. The van der Waals surface area contributed by atoms with Crippen LogP contribution in [0.4, 0.5) is 14.4 Å². The number of nitrogens with zero attached hydrogens (tertiary/aromatic N) is 5. The molecule has 8 bridgehead atoms. The summed E-state index contributed by atoms with van der Waals surface area (Å²) in [5.74, 6) is -5.45. The van der Waals surface area contributed by atoms with Gasteiger partial charge in [0.1, 0.15) is 83.3 Å². The zero-order valence-corrected chi connectivity index (χ0v) is 91.3. The summed E-state index contributed by atoms with van der Waals surface area (Å²) in [4.78, 5) is 186. The van der Waals surface area contributed by atoms with E-state index < -0.39 is 106 Å². The Balaban J connectivity index is 0.000000637. The predicted octanol–water partition coefficient (Wildman–Crippen LogP) is 20.2. The number of benzene rings is 4. The largest absolute Gasteiger partial charge is 0.493 e. The van der Waals surface area contributed by atoms with Crippen molar-refractivity contribution in [3.05, 3.63) is 95.1 Å². The molecule has 10 N–H and O–H groups in total. The Hall–Kier alpha value is -11.4. The fourth-order valence-corrected chi connectivity index (χ4v) is 18.0. The number of nitrogens with two attached hydrogens (primary N) is 3. The maximum atomic E-state index is 15.4. The molecule has 32 nitrogen and oxygen atoms in total. The van der Waals surface area contributed by atoms with Gasteiger partial charge in [-0.15, -0.1) is 0 Å². The molecule has 8 atom stereocenters. The summed E-state index contributed by atoms with van der Waals surface area (Å²) in [6.07, 6.45) is 22.8. The van der Waals surface area contributed by atoms with Crippen LogP contribution in [0.2, 0.25) is 0 Å². The Kier molecular flexibility index (Phi) is 60.2. The van der Waals surface area contributed by atoms with Gasteiger partial charge in [-0.1, -0.05) is 188 Å². The third-order valence-corrected chi connectivity index (χ3v) is 25.7. The molecule has 2 heterocycles. The summed E-state index contributed by atoms with van der Waals surface area (Å²) in [5.41, 5.74) is 19.7. The van der Waals surface area contributed by atoms with Crippen molar-refractivity contribution in [3.63, 3.8) is 0 Å². The van der Waals surface area contributed by atoms with Crippen LogP contribution in [0.15, 0.2) is 72.8 Å². The van der Waals surface area contributed by atoms with Crippen molar-refractivity contribution in [1.29, 1.82) is 10.5 Å². The number of ether oxygens (including phenoxy) is 7. The number of hydrogen-bond donors (Lipinski definition) is 7. The van der Waals surface area contributed by atoms with Gasteiger partial charge in [-0.05, 0) is 197 Å². The summed E-state index contributed by atoms with van der Waals surface area (Å²) < 4.78 is 41.6. The van der Waals surface area contributed by atoms with Crippen molar-refractivity contribution in [1.82, 2.24) is 36.0 Å². The van der Waals surface area contributed by atoms with Gasteiger partial charge < -0.3 is 86.3 Å². The molecule has 7 amide bonds. The SMILES string of the molecule is C.CCCCCCCCCCCCCC(=O)C[C@@H](CCCCN)C(=O)N(C)[C@@H]1C(=O)C[C@@H](C)C(=O)N[C@H](C(=O)CCC#N)Cc2ccc(OCCN)c(c2)-c2cc1ccc2OCCN.CCCCCCCCCCN(CCC(=O)C[C@@H](CCCCNC(=O)OC(C)(C)C)C(=O)N(C)[C@@H]1C(=O)C[C@@H](C)C(=O)N[C@H](C(=O)CCC#N)Cc2ccc(OCCNC(=O)OC(C)(C)C)c(c2)-c2cc1ccc2OCCC)C(=O)OC(C)(C)C. The molecule has 0 saturated carbocycles. The minimum atomic E-state index is -1.31. The molecule has 0 radical (unpaired) electrons. The quantitative estimate of drug-likeness (QED) is 0.0159. The first kappa shape index (κ1) is 129. The third-order valence-electron chi connectivity index (χ3n) is 25.7. The summed E-state index contributed by atoms with van der Waals surface area (Å²) in [7, 11) is 3.09. The highest BCUT2D eigenvalue weighted by Gasteiger charge is 2.40. The van der Waals surface area contributed by atoms with Crippen molar-refractivity contribution in [3.8, 4) is 57.4 Å². The summed E-state index contributed by atoms with van der Waals surface area (Å²) in [5, 5.41) is 29.8. The number of Topliss-reactive ketones (excluding diaryl/α,β-unsaturated/α-hetero) is 6. The number of hydrogen-bond acceptors (Lipinski definition) is 25. The molecule has 32 heteroatoms. The predicted molar refractivity (Wildman–Crippen MR) is 578 cm³/mol. The van der Waals surface area contributed by atoms with Gasteiger partial charge in [-0.3, -0.25) is 47.9 Å². The lowest BCUT2D eigenvalue weighted by Crippen LogP contribution is -2.45. The fourth-order valence-electron chi connectivity index (χ4n) is 18.0. The van der Waals surface area contributed by atoms with Gasteiger partial charge in [0.25, 0.3) is 0 Å². The fraction of sp³-hybridized carbons (Fsp3) is 0.664. The van der Waals surface area contributed by atoms with E-state index in [9.17, 15) is 63.3 Å². The number of amides is 7. The Labute approximate surface area is 882 Å². The van der Waals surface area contributed by atoms with Crippen molar-refractivity contribution in [2.75, 3.05) is 86.3 Å². The first-order valence-corrected chi connectivity index (χ1v) is 54.1. The van der Waals surface area contributed by atoms with Crippen LogP contribution in [0.25, 0.3) is 22.3 Å². The second kappa shape index (κ2) is 69.1. The van der Waals surface area contributed by atoms with Crippen LogP contribution in [-0.4, -0.2) is 207 Å². The highest BCUT2D eigenvalue weighted by Crippen LogP contribution is 2.44. The monoisotopic (exact) mass is 2060 g/mol. The zero-order valence-electron chi connectivity index (χ0n) is 91.3. The first-order valence-electron chi connectivity index (χ1n) is 54.1. The van der Waals surface area contributed by atoms with E-state index in [1.807, 2.05) is 37.3 Å². The van der Waals surface area contributed by atoms with Crippen LogP contribution < -0.4 is 57.4 Å². The van der Waals surface area contributed by atoms with Gasteiger partial charge in [0.05, 0.1) is 37.4 Å². The molecule has 0 fully saturated rings. The molecule has 0 unspecified atom stereocenters. The number of nitriles is 2. The minimum absolute atomic E-state index is 0. The maximum absolute atomic E-state index is 15.4. The standard InChI is InChI=1S/C65H100N6O13.C50H76N6O7.CH4/c1-14-16-17-18-19-20-21-24-36-71(62(79)84-65(10,11)12)37-32-49(72)43-48(26-22-23-34-67-60(77)82-63(4,5)6)59(76)70(13)57-47-29-31-56(80-38-15-2)51(44-47)50-41-46(28-30-55(50)81-39-35-68-61(78)83-64(7,8)9)42-52(53(73)27-25-33-66)69-58(75)45(3)40-54(57)74;1-4-5-6-7-8-9-10-11-12-13-14-19-40(57)34-39(18-15-16-25-51)50(61)56(3)48-38-22-24-47(63-30-28-54)42(35-38)41-32-37(21-23-46(41)62-29-27-53)33-43(44(58)20-17-26-52)55-49(60)36(2)31-45(48)59;/h28-31,41,44-45,48,52,57H,14-27,32,34-40,42-43H2,1-13H3,(H,67,77)(H,68,78)(H,69,75);21-24,32,35-36,39,43,48H,4-20,25,27-31,33-34,51,53-54H2,1-3H3,(H,55,60);1H4/t45-,48-,52+,57+;36-,39-,43+,48+;/m11./s1. The van der Waals surface area contributed by atoms with E-state index in [0.717, 1.165) is 44.9 Å². The molecular formula is C116H180N12O20. The number of unbranched alkanes of at least 4 members (excludes halogenated alkanes) is 19. The Bertz CT molecular complexity index is 4910. The molecule has 4 aromatic carbocycles. The Morgan fingerprint density at radius 3 is 1.19 bits per heavy atom. The van der Waals surface area contributed by atoms with Gasteiger partial charge in [-0.2, -0.15) is 10.5 Å². The minimum Gasteiger partial charge on any atom is -0.493 e. The molecule has 0 spiro atoms. The van der Waals surface area contributed by atoms with E-state index in [1.54, 1.807) is 143 Å². The second-order valence-electron chi connectivity index (χ2n) is 42.3. The smallest absolute Gasteiger partial charge is 0.410 e. The molecule has 6 rings (SSSR count). The average Bonchev–Trinajstić information content (AvgIpc) is 0.779. The average molecular weight is 2060 g/mol.